The Morgan fingerprint density at radius 1 is 0.962 bits per heavy atom. The van der Waals surface area contributed by atoms with Crippen LogP contribution in [0.15, 0.2) is 48.5 Å². The van der Waals surface area contributed by atoms with Gasteiger partial charge in [-0.3, -0.25) is 9.59 Å². The molecule has 1 N–H and O–H groups in total. The average molecular weight is 355 g/mol. The Balaban J connectivity index is 1.90. The number of ketones is 1. The van der Waals surface area contributed by atoms with Crippen LogP contribution in [0.1, 0.15) is 38.8 Å². The normalized spacial score (nSPS) is 10.2. The van der Waals surface area contributed by atoms with E-state index in [1.54, 1.807) is 49.6 Å². The summed E-state index contributed by atoms with van der Waals surface area (Å²) in [5.41, 5.74) is 2.54. The molecule has 2 aromatic carbocycles. The Kier molecular flexibility index (Phi) is 7.05. The Morgan fingerprint density at radius 3 is 2.35 bits per heavy atom. The van der Waals surface area contributed by atoms with Crippen molar-refractivity contribution in [3.05, 3.63) is 70.8 Å². The third kappa shape index (κ3) is 5.82. The molecule has 26 heavy (non-hydrogen) atoms. The van der Waals surface area contributed by atoms with Crippen molar-refractivity contribution < 1.29 is 23.9 Å². The van der Waals surface area contributed by atoms with E-state index in [2.05, 4.69) is 5.32 Å². The molecule has 0 fully saturated rings. The molecule has 0 saturated heterocycles. The molecule has 6 nitrogen and oxygen atoms in total. The lowest BCUT2D eigenvalue weighted by Gasteiger charge is -2.07. The Bertz CT molecular complexity index is 783. The van der Waals surface area contributed by atoms with E-state index < -0.39 is 5.97 Å². The number of carbonyl (C=O) groups is 3. The van der Waals surface area contributed by atoms with Gasteiger partial charge in [0.15, 0.2) is 12.4 Å². The summed E-state index contributed by atoms with van der Waals surface area (Å²) >= 11 is 0. The maximum absolute atomic E-state index is 12.2. The van der Waals surface area contributed by atoms with Gasteiger partial charge in [-0.2, -0.15) is 0 Å². The van der Waals surface area contributed by atoms with Gasteiger partial charge in [-0.1, -0.05) is 36.4 Å². The first-order chi connectivity index (χ1) is 12.5. The zero-order chi connectivity index (χ0) is 18.9. The highest BCUT2D eigenvalue weighted by molar-refractivity contribution is 5.99. The molecule has 0 bridgehead atoms. The molecule has 2 aromatic rings. The van der Waals surface area contributed by atoms with Gasteiger partial charge in [0.1, 0.15) is 0 Å². The number of benzene rings is 2. The Labute approximate surface area is 152 Å². The molecule has 0 heterocycles. The molecule has 1 amide bonds. The van der Waals surface area contributed by atoms with E-state index in [-0.39, 0.29) is 18.3 Å². The predicted octanol–water partition coefficient (Wildman–Crippen LogP) is 2.51. The number of ether oxygens (including phenoxy) is 2. The number of amides is 1. The quantitative estimate of drug-likeness (QED) is 0.581. The fourth-order valence-corrected chi connectivity index (χ4v) is 2.29. The summed E-state index contributed by atoms with van der Waals surface area (Å²) in [7, 11) is 1.57. The van der Waals surface area contributed by atoms with Crippen LogP contribution < -0.4 is 5.32 Å². The number of Topliss-reactive ketones (excluding diaryl/α,β-unsaturated/α-hetero) is 1. The number of esters is 1. The first-order valence-corrected chi connectivity index (χ1v) is 8.11. The number of rotatable bonds is 8. The number of methoxy groups -OCH3 is 1. The van der Waals surface area contributed by atoms with E-state index in [9.17, 15) is 14.4 Å². The fourth-order valence-electron chi connectivity index (χ4n) is 2.29. The molecule has 0 unspecified atom stereocenters. The third-order valence-corrected chi connectivity index (χ3v) is 3.63. The van der Waals surface area contributed by atoms with Crippen molar-refractivity contribution in [2.24, 2.45) is 0 Å². The molecular weight excluding hydrogens is 334 g/mol. The number of hydrogen-bond donors (Lipinski definition) is 1. The van der Waals surface area contributed by atoms with Crippen LogP contribution in [0.2, 0.25) is 0 Å². The highest BCUT2D eigenvalue weighted by atomic mass is 16.5. The lowest BCUT2D eigenvalue weighted by atomic mass is 10.1. The van der Waals surface area contributed by atoms with Crippen LogP contribution in [0.4, 0.5) is 0 Å². The summed E-state index contributed by atoms with van der Waals surface area (Å²) in [6, 6.07) is 13.7. The minimum absolute atomic E-state index is 0.119. The second-order valence-corrected chi connectivity index (χ2v) is 5.74. The third-order valence-electron chi connectivity index (χ3n) is 3.63. The largest absolute Gasteiger partial charge is 0.454 e. The summed E-state index contributed by atoms with van der Waals surface area (Å²) in [6.07, 6.45) is 0. The van der Waals surface area contributed by atoms with Crippen molar-refractivity contribution in [3.63, 3.8) is 0 Å². The summed E-state index contributed by atoms with van der Waals surface area (Å²) < 4.78 is 10.1. The first kappa shape index (κ1) is 19.3. The monoisotopic (exact) mass is 355 g/mol. The zero-order valence-corrected chi connectivity index (χ0v) is 14.8. The molecule has 136 valence electrons. The first-order valence-electron chi connectivity index (χ1n) is 8.11. The molecule has 0 aromatic heterocycles. The van der Waals surface area contributed by atoms with Gasteiger partial charge < -0.3 is 14.8 Å². The van der Waals surface area contributed by atoms with Gasteiger partial charge in [0.25, 0.3) is 0 Å². The minimum atomic E-state index is -0.557. The van der Waals surface area contributed by atoms with Crippen LogP contribution in [0, 0.1) is 0 Å². The molecule has 2 rings (SSSR count). The van der Waals surface area contributed by atoms with Gasteiger partial charge in [0, 0.05) is 26.1 Å². The smallest absolute Gasteiger partial charge is 0.338 e. The molecular formula is C20H21NO5. The molecule has 0 saturated carbocycles. The highest BCUT2D eigenvalue weighted by Crippen LogP contribution is 2.09. The van der Waals surface area contributed by atoms with Crippen molar-refractivity contribution in [2.75, 3.05) is 13.7 Å². The summed E-state index contributed by atoms with van der Waals surface area (Å²) in [5, 5.41) is 2.68. The molecule has 0 aliphatic rings. The molecule has 0 atom stereocenters. The minimum Gasteiger partial charge on any atom is -0.454 e. The SMILES string of the molecule is COCc1cccc(C(=O)OCC(=O)c2ccc(CNC(C)=O)cc2)c1. The van der Waals surface area contributed by atoms with Crippen molar-refractivity contribution in [2.45, 2.75) is 20.1 Å². The van der Waals surface area contributed by atoms with Crippen LogP contribution >= 0.6 is 0 Å². The van der Waals surface area contributed by atoms with Crippen LogP contribution in [-0.2, 0) is 27.4 Å². The summed E-state index contributed by atoms with van der Waals surface area (Å²) in [5.74, 6) is -0.970. The van der Waals surface area contributed by atoms with Gasteiger partial charge in [-0.25, -0.2) is 4.79 Å². The van der Waals surface area contributed by atoms with Crippen molar-refractivity contribution in [1.82, 2.24) is 5.32 Å². The standard InChI is InChI=1S/C20H21NO5/c1-14(22)21-11-15-6-8-17(9-7-15)19(23)13-26-20(24)18-5-3-4-16(10-18)12-25-2/h3-10H,11-13H2,1-2H3,(H,21,22). The zero-order valence-electron chi connectivity index (χ0n) is 14.8. The van der Waals surface area contributed by atoms with Crippen LogP contribution in [-0.4, -0.2) is 31.4 Å². The summed E-state index contributed by atoms with van der Waals surface area (Å²) in [6.45, 7) is 1.90. The molecule has 0 aliphatic carbocycles. The predicted molar refractivity (Wildman–Crippen MR) is 95.7 cm³/mol. The number of hydrogen-bond acceptors (Lipinski definition) is 5. The van der Waals surface area contributed by atoms with Gasteiger partial charge >= 0.3 is 5.97 Å². The van der Waals surface area contributed by atoms with Crippen LogP contribution in [0.3, 0.4) is 0 Å². The van der Waals surface area contributed by atoms with Crippen molar-refractivity contribution >= 4 is 17.7 Å². The number of carbonyl (C=O) groups excluding carboxylic acids is 3. The maximum Gasteiger partial charge on any atom is 0.338 e. The van der Waals surface area contributed by atoms with E-state index in [0.29, 0.717) is 24.3 Å². The van der Waals surface area contributed by atoms with Gasteiger partial charge in [-0.15, -0.1) is 0 Å². The van der Waals surface area contributed by atoms with Crippen LogP contribution in [0.5, 0.6) is 0 Å². The van der Waals surface area contributed by atoms with Crippen molar-refractivity contribution in [1.29, 1.82) is 0 Å². The Hall–Kier alpha value is -2.99. The highest BCUT2D eigenvalue weighted by Gasteiger charge is 2.12. The van der Waals surface area contributed by atoms with Crippen LogP contribution in [0.25, 0.3) is 0 Å². The Morgan fingerprint density at radius 2 is 1.69 bits per heavy atom. The topological polar surface area (TPSA) is 81.7 Å². The van der Waals surface area contributed by atoms with Gasteiger partial charge in [-0.05, 0) is 23.3 Å². The van der Waals surface area contributed by atoms with Gasteiger partial charge in [0.2, 0.25) is 5.91 Å². The molecule has 0 spiro atoms. The average Bonchev–Trinajstić information content (AvgIpc) is 2.65. The second kappa shape index (κ2) is 9.48. The van der Waals surface area contributed by atoms with Crippen molar-refractivity contribution in [3.8, 4) is 0 Å². The lowest BCUT2D eigenvalue weighted by molar-refractivity contribution is -0.119. The van der Waals surface area contributed by atoms with Gasteiger partial charge in [0.05, 0.1) is 12.2 Å². The van der Waals surface area contributed by atoms with E-state index >= 15 is 0 Å². The lowest BCUT2D eigenvalue weighted by Crippen LogP contribution is -2.19. The van der Waals surface area contributed by atoms with E-state index in [0.717, 1.165) is 11.1 Å². The number of nitrogens with one attached hydrogen (secondary N) is 1. The van der Waals surface area contributed by atoms with E-state index in [1.165, 1.54) is 6.92 Å². The molecule has 0 aliphatic heterocycles. The van der Waals surface area contributed by atoms with E-state index in [4.69, 9.17) is 9.47 Å². The fraction of sp³-hybridized carbons (Fsp3) is 0.250. The second-order valence-electron chi connectivity index (χ2n) is 5.74. The molecule has 0 radical (unpaired) electrons. The maximum atomic E-state index is 12.2. The van der Waals surface area contributed by atoms with E-state index in [1.807, 2.05) is 6.07 Å². The summed E-state index contributed by atoms with van der Waals surface area (Å²) in [4.78, 5) is 35.1. The molecule has 6 heteroatoms.